The molecular weight excluding hydrogens is 306 g/mol. The van der Waals surface area contributed by atoms with Crippen LogP contribution in [-0.2, 0) is 4.79 Å². The monoisotopic (exact) mass is 335 g/mol. The molecule has 0 bridgehead atoms. The lowest BCUT2D eigenvalue weighted by molar-refractivity contribution is -0.164. The number of nitrogens with zero attached hydrogens (tertiary/aromatic N) is 1. The van der Waals surface area contributed by atoms with Crippen LogP contribution in [0.2, 0.25) is 0 Å². The molecule has 0 saturated carbocycles. The SMILES string of the molecule is CCC[C@]1(C(=O)O)CN(CCOc2ccc(C)cc2C)CCC1O. The molecule has 2 atom stereocenters. The molecule has 1 heterocycles. The van der Waals surface area contributed by atoms with Crippen LogP contribution < -0.4 is 4.74 Å². The fourth-order valence-corrected chi connectivity index (χ4v) is 3.61. The normalized spacial score (nSPS) is 24.8. The highest BCUT2D eigenvalue weighted by Gasteiger charge is 2.48. The predicted octanol–water partition coefficient (Wildman–Crippen LogP) is 2.62. The molecule has 1 aliphatic rings. The van der Waals surface area contributed by atoms with Gasteiger partial charge in [-0.1, -0.05) is 31.0 Å². The van der Waals surface area contributed by atoms with Crippen LogP contribution in [0, 0.1) is 19.3 Å². The molecule has 0 spiro atoms. The van der Waals surface area contributed by atoms with Gasteiger partial charge in [-0.15, -0.1) is 0 Å². The van der Waals surface area contributed by atoms with Gasteiger partial charge in [0, 0.05) is 19.6 Å². The van der Waals surface area contributed by atoms with Crippen molar-refractivity contribution in [3.63, 3.8) is 0 Å². The van der Waals surface area contributed by atoms with Crippen LogP contribution in [0.15, 0.2) is 18.2 Å². The van der Waals surface area contributed by atoms with Gasteiger partial charge >= 0.3 is 5.97 Å². The molecule has 2 rings (SSSR count). The Morgan fingerprint density at radius 3 is 2.79 bits per heavy atom. The zero-order valence-electron chi connectivity index (χ0n) is 14.9. The maximum absolute atomic E-state index is 11.8. The van der Waals surface area contributed by atoms with E-state index in [1.807, 2.05) is 26.0 Å². The molecule has 2 N–H and O–H groups in total. The topological polar surface area (TPSA) is 70.0 Å². The van der Waals surface area contributed by atoms with Crippen LogP contribution in [0.3, 0.4) is 0 Å². The summed E-state index contributed by atoms with van der Waals surface area (Å²) in [5.74, 6) is -0.0208. The van der Waals surface area contributed by atoms with E-state index >= 15 is 0 Å². The Hall–Kier alpha value is -1.59. The molecular formula is C19H29NO4. The van der Waals surface area contributed by atoms with E-state index in [4.69, 9.17) is 4.74 Å². The number of benzene rings is 1. The lowest BCUT2D eigenvalue weighted by atomic mass is 9.74. The Bertz CT molecular complexity index is 574. The highest BCUT2D eigenvalue weighted by molar-refractivity contribution is 5.76. The third kappa shape index (κ3) is 4.08. The second kappa shape index (κ2) is 7.99. The maximum Gasteiger partial charge on any atom is 0.313 e. The van der Waals surface area contributed by atoms with Crippen molar-refractivity contribution in [2.75, 3.05) is 26.2 Å². The van der Waals surface area contributed by atoms with Crippen molar-refractivity contribution < 1.29 is 19.7 Å². The second-order valence-electron chi connectivity index (χ2n) is 6.91. The summed E-state index contributed by atoms with van der Waals surface area (Å²) in [6, 6.07) is 6.09. The Morgan fingerprint density at radius 1 is 1.42 bits per heavy atom. The minimum absolute atomic E-state index is 0.383. The van der Waals surface area contributed by atoms with E-state index in [1.165, 1.54) is 5.56 Å². The number of aliphatic carboxylic acids is 1. The molecule has 0 amide bonds. The molecule has 0 aromatic heterocycles. The standard InChI is InChI=1S/C19H29NO4/c1-4-8-19(18(22)23)13-20(9-7-17(19)21)10-11-24-16-6-5-14(2)12-15(16)3/h5-6,12,17,21H,4,7-11,13H2,1-3H3,(H,22,23)/t17?,19-/m0/s1. The van der Waals surface area contributed by atoms with Crippen LogP contribution in [-0.4, -0.2) is 53.4 Å². The third-order valence-corrected chi connectivity index (χ3v) is 4.98. The predicted molar refractivity (Wildman–Crippen MR) is 93.5 cm³/mol. The molecule has 1 aromatic rings. The first-order valence-electron chi connectivity index (χ1n) is 8.73. The summed E-state index contributed by atoms with van der Waals surface area (Å²) in [7, 11) is 0. The molecule has 0 aliphatic carbocycles. The van der Waals surface area contributed by atoms with Crippen molar-refractivity contribution in [1.82, 2.24) is 4.90 Å². The molecule has 1 aliphatic heterocycles. The Kier molecular flexibility index (Phi) is 6.24. The van der Waals surface area contributed by atoms with Gasteiger partial charge in [0.15, 0.2) is 0 Å². The summed E-state index contributed by atoms with van der Waals surface area (Å²) in [5.41, 5.74) is 1.26. The van der Waals surface area contributed by atoms with Crippen LogP contribution in [0.25, 0.3) is 0 Å². The van der Waals surface area contributed by atoms with Gasteiger partial charge < -0.3 is 14.9 Å². The Balaban J connectivity index is 1.94. The molecule has 1 fully saturated rings. The molecule has 1 unspecified atom stereocenters. The summed E-state index contributed by atoms with van der Waals surface area (Å²) >= 11 is 0. The number of likely N-dealkylation sites (tertiary alicyclic amines) is 1. The lowest BCUT2D eigenvalue weighted by Crippen LogP contribution is -2.56. The van der Waals surface area contributed by atoms with Gasteiger partial charge in [0.25, 0.3) is 0 Å². The van der Waals surface area contributed by atoms with Crippen LogP contribution in [0.1, 0.15) is 37.3 Å². The number of aliphatic hydroxyl groups excluding tert-OH is 1. The molecule has 1 saturated heterocycles. The van der Waals surface area contributed by atoms with Gasteiger partial charge in [-0.2, -0.15) is 0 Å². The summed E-state index contributed by atoms with van der Waals surface area (Å²) < 4.78 is 5.86. The van der Waals surface area contributed by atoms with E-state index in [1.54, 1.807) is 0 Å². The van der Waals surface area contributed by atoms with Crippen molar-refractivity contribution in [1.29, 1.82) is 0 Å². The van der Waals surface area contributed by atoms with Gasteiger partial charge in [0.05, 0.1) is 6.10 Å². The number of aryl methyl sites for hydroxylation is 2. The summed E-state index contributed by atoms with van der Waals surface area (Å²) in [6.07, 6.45) is 0.968. The fourth-order valence-electron chi connectivity index (χ4n) is 3.61. The van der Waals surface area contributed by atoms with E-state index in [0.717, 1.165) is 17.7 Å². The largest absolute Gasteiger partial charge is 0.492 e. The number of carboxylic acid groups (broad SMARTS) is 1. The lowest BCUT2D eigenvalue weighted by Gasteiger charge is -2.43. The van der Waals surface area contributed by atoms with Crippen molar-refractivity contribution >= 4 is 5.97 Å². The number of carboxylic acids is 1. The van der Waals surface area contributed by atoms with Gasteiger partial charge in [-0.25, -0.2) is 0 Å². The van der Waals surface area contributed by atoms with E-state index in [0.29, 0.717) is 39.1 Å². The average molecular weight is 335 g/mol. The summed E-state index contributed by atoms with van der Waals surface area (Å²) in [4.78, 5) is 13.9. The molecule has 1 aromatic carbocycles. The van der Waals surface area contributed by atoms with Gasteiger partial charge in [-0.05, 0) is 38.3 Å². The number of carbonyl (C=O) groups is 1. The second-order valence-corrected chi connectivity index (χ2v) is 6.91. The fraction of sp³-hybridized carbons (Fsp3) is 0.632. The molecule has 24 heavy (non-hydrogen) atoms. The van der Waals surface area contributed by atoms with Crippen molar-refractivity contribution in [3.05, 3.63) is 29.3 Å². The number of ether oxygens (including phenoxy) is 1. The number of hydrogen-bond acceptors (Lipinski definition) is 4. The maximum atomic E-state index is 11.8. The highest BCUT2D eigenvalue weighted by atomic mass is 16.5. The van der Waals surface area contributed by atoms with Crippen molar-refractivity contribution in [2.45, 2.75) is 46.1 Å². The smallest absolute Gasteiger partial charge is 0.313 e. The zero-order chi connectivity index (χ0) is 17.7. The number of aliphatic hydroxyl groups is 1. The van der Waals surface area contributed by atoms with Crippen molar-refractivity contribution in [2.24, 2.45) is 5.41 Å². The third-order valence-electron chi connectivity index (χ3n) is 4.98. The number of rotatable bonds is 7. The molecule has 0 radical (unpaired) electrons. The van der Waals surface area contributed by atoms with E-state index in [-0.39, 0.29) is 0 Å². The van der Waals surface area contributed by atoms with Gasteiger partial charge in [-0.3, -0.25) is 9.69 Å². The van der Waals surface area contributed by atoms with Crippen LogP contribution >= 0.6 is 0 Å². The number of hydrogen-bond donors (Lipinski definition) is 2. The van der Waals surface area contributed by atoms with E-state index in [2.05, 4.69) is 17.9 Å². The minimum Gasteiger partial charge on any atom is -0.492 e. The van der Waals surface area contributed by atoms with Gasteiger partial charge in [0.2, 0.25) is 0 Å². The molecule has 134 valence electrons. The average Bonchev–Trinajstić information content (AvgIpc) is 2.52. The van der Waals surface area contributed by atoms with Gasteiger partial charge in [0.1, 0.15) is 17.8 Å². The van der Waals surface area contributed by atoms with Crippen LogP contribution in [0.5, 0.6) is 5.75 Å². The van der Waals surface area contributed by atoms with Crippen LogP contribution in [0.4, 0.5) is 0 Å². The first-order chi connectivity index (χ1) is 11.4. The highest BCUT2D eigenvalue weighted by Crippen LogP contribution is 2.35. The zero-order valence-corrected chi connectivity index (χ0v) is 14.9. The molecule has 5 heteroatoms. The van der Waals surface area contributed by atoms with E-state index in [9.17, 15) is 15.0 Å². The quantitative estimate of drug-likeness (QED) is 0.801. The number of piperidine rings is 1. The minimum atomic E-state index is -1.05. The van der Waals surface area contributed by atoms with Crippen molar-refractivity contribution in [3.8, 4) is 5.75 Å². The summed E-state index contributed by atoms with van der Waals surface area (Å²) in [6.45, 7) is 8.30. The van der Waals surface area contributed by atoms with E-state index < -0.39 is 17.5 Å². The first-order valence-corrected chi connectivity index (χ1v) is 8.73. The summed E-state index contributed by atoms with van der Waals surface area (Å²) in [5, 5.41) is 19.9. The molecule has 5 nitrogen and oxygen atoms in total. The first kappa shape index (κ1) is 18.7. The Labute approximate surface area is 144 Å². The Morgan fingerprint density at radius 2 is 2.17 bits per heavy atom.